The molecule has 0 aliphatic rings. The van der Waals surface area contributed by atoms with Gasteiger partial charge in [0.15, 0.2) is 10.8 Å². The Morgan fingerprint density at radius 3 is 2.94 bits per heavy atom. The molecule has 0 fully saturated rings. The van der Waals surface area contributed by atoms with Gasteiger partial charge in [0.1, 0.15) is 12.8 Å². The zero-order valence-electron chi connectivity index (χ0n) is 9.26. The second kappa shape index (κ2) is 5.94. The summed E-state index contributed by atoms with van der Waals surface area (Å²) >= 11 is 1.17. The largest absolute Gasteiger partial charge is 0.398 e. The van der Waals surface area contributed by atoms with E-state index in [-0.39, 0.29) is 5.71 Å². The topological polar surface area (TPSA) is 107 Å². The van der Waals surface area contributed by atoms with Crippen LogP contribution in [0.3, 0.4) is 0 Å². The van der Waals surface area contributed by atoms with Crippen LogP contribution in [0.4, 0.5) is 5.13 Å². The van der Waals surface area contributed by atoms with Gasteiger partial charge in [0.05, 0.1) is 6.04 Å². The smallest absolute Gasteiger partial charge is 0.276 e. The number of nitrogen functional groups attached to an aromatic ring is 1. The van der Waals surface area contributed by atoms with Crippen LogP contribution in [0.25, 0.3) is 0 Å². The molecular formula is C9H11N4O3S. The number of anilines is 1. The van der Waals surface area contributed by atoms with Gasteiger partial charge in [0.2, 0.25) is 6.29 Å². The number of hydrogen-bond donors (Lipinski definition) is 2. The molecule has 1 heterocycles. The molecule has 0 aromatic carbocycles. The minimum absolute atomic E-state index is 0.0393. The van der Waals surface area contributed by atoms with E-state index in [9.17, 15) is 9.59 Å². The summed E-state index contributed by atoms with van der Waals surface area (Å²) in [5.41, 5.74) is 5.71. The van der Waals surface area contributed by atoms with Crippen molar-refractivity contribution in [2.24, 2.45) is 5.16 Å². The Labute approximate surface area is 102 Å². The Balaban J connectivity index is 2.91. The van der Waals surface area contributed by atoms with Gasteiger partial charge in [-0.05, 0) is 6.92 Å². The molecule has 0 aliphatic carbocycles. The zero-order valence-corrected chi connectivity index (χ0v) is 10.1. The Hall–Kier alpha value is -1.96. The van der Waals surface area contributed by atoms with Gasteiger partial charge in [-0.1, -0.05) is 5.16 Å². The van der Waals surface area contributed by atoms with E-state index in [1.807, 2.05) is 0 Å². The van der Waals surface area contributed by atoms with Crippen molar-refractivity contribution in [1.82, 2.24) is 10.3 Å². The number of carbonyl (C=O) groups is 1. The predicted octanol–water partition coefficient (Wildman–Crippen LogP) is -0.310. The number of oxime groups is 1. The van der Waals surface area contributed by atoms with Gasteiger partial charge in [0, 0.05) is 5.38 Å². The fourth-order valence-corrected chi connectivity index (χ4v) is 1.53. The van der Waals surface area contributed by atoms with Crippen molar-refractivity contribution in [2.75, 3.05) is 12.8 Å². The summed E-state index contributed by atoms with van der Waals surface area (Å²) in [6.07, 6.45) is 1.63. The maximum absolute atomic E-state index is 11.7. The van der Waals surface area contributed by atoms with E-state index < -0.39 is 11.9 Å². The van der Waals surface area contributed by atoms with Crippen molar-refractivity contribution in [3.63, 3.8) is 0 Å². The summed E-state index contributed by atoms with van der Waals surface area (Å²) in [4.78, 5) is 30.5. The third kappa shape index (κ3) is 3.52. The quantitative estimate of drug-likeness (QED) is 0.554. The fourth-order valence-electron chi connectivity index (χ4n) is 0.987. The van der Waals surface area contributed by atoms with Crippen LogP contribution >= 0.6 is 11.3 Å². The van der Waals surface area contributed by atoms with E-state index in [1.54, 1.807) is 11.7 Å². The number of nitrogens with one attached hydrogen (secondary N) is 1. The maximum Gasteiger partial charge on any atom is 0.276 e. The standard InChI is InChI=1S/C9H11N4O3S/c1-5(3-14)11-8(15)7(13-16-2)6-4-17-9(10)12-6/h4-5H,1-2H3,(H2,10,12)(H,11,15)/b13-7-/t5-/m1/s1. The molecule has 1 aromatic rings. The highest BCUT2D eigenvalue weighted by Gasteiger charge is 2.19. The third-order valence-corrected chi connectivity index (χ3v) is 2.36. The predicted molar refractivity (Wildman–Crippen MR) is 63.4 cm³/mol. The normalized spacial score (nSPS) is 12.9. The van der Waals surface area contributed by atoms with Gasteiger partial charge in [-0.15, -0.1) is 11.3 Å². The summed E-state index contributed by atoms with van der Waals surface area (Å²) in [6, 6.07) is -0.736. The number of amides is 1. The zero-order chi connectivity index (χ0) is 12.8. The third-order valence-electron chi connectivity index (χ3n) is 1.69. The lowest BCUT2D eigenvalue weighted by Crippen LogP contribution is -2.39. The first-order valence-corrected chi connectivity index (χ1v) is 5.47. The first kappa shape index (κ1) is 13.1. The van der Waals surface area contributed by atoms with E-state index >= 15 is 0 Å². The summed E-state index contributed by atoms with van der Waals surface area (Å²) in [7, 11) is 1.30. The molecule has 0 aliphatic heterocycles. The SMILES string of the molecule is CO/N=C(\C(=O)N[C@H](C)[C]=O)c1csc(N)n1. The molecule has 1 radical (unpaired) electrons. The van der Waals surface area contributed by atoms with Crippen molar-refractivity contribution in [2.45, 2.75) is 13.0 Å². The average molecular weight is 255 g/mol. The number of aromatic nitrogens is 1. The molecule has 8 heteroatoms. The van der Waals surface area contributed by atoms with Crippen molar-refractivity contribution >= 4 is 34.4 Å². The molecule has 1 atom stereocenters. The molecule has 0 unspecified atom stereocenters. The molecule has 91 valence electrons. The van der Waals surface area contributed by atoms with Gasteiger partial charge < -0.3 is 15.9 Å². The molecule has 3 N–H and O–H groups in total. The van der Waals surface area contributed by atoms with Crippen molar-refractivity contribution in [1.29, 1.82) is 0 Å². The number of nitrogens with two attached hydrogens (primary N) is 1. The number of nitrogens with zero attached hydrogens (tertiary/aromatic N) is 2. The van der Waals surface area contributed by atoms with E-state index in [4.69, 9.17) is 5.73 Å². The maximum atomic E-state index is 11.7. The summed E-state index contributed by atoms with van der Waals surface area (Å²) in [5.74, 6) is -0.576. The lowest BCUT2D eigenvalue weighted by Gasteiger charge is -2.06. The van der Waals surface area contributed by atoms with Gasteiger partial charge in [-0.25, -0.2) is 4.98 Å². The molecule has 0 spiro atoms. The molecule has 1 rings (SSSR count). The second-order valence-corrected chi connectivity index (χ2v) is 3.90. The Morgan fingerprint density at radius 1 is 1.76 bits per heavy atom. The Kier molecular flexibility index (Phi) is 4.58. The van der Waals surface area contributed by atoms with Crippen molar-refractivity contribution in [3.8, 4) is 0 Å². The highest BCUT2D eigenvalue weighted by atomic mass is 32.1. The summed E-state index contributed by atoms with van der Waals surface area (Å²) < 4.78 is 0. The van der Waals surface area contributed by atoms with Crippen LogP contribution in [0.2, 0.25) is 0 Å². The number of carbonyl (C=O) groups excluding carboxylic acids is 2. The van der Waals surface area contributed by atoms with Crippen LogP contribution in [0.15, 0.2) is 10.5 Å². The van der Waals surface area contributed by atoms with E-state index in [1.165, 1.54) is 25.4 Å². The molecule has 7 nitrogen and oxygen atoms in total. The summed E-state index contributed by atoms with van der Waals surface area (Å²) in [6.45, 7) is 1.49. The first-order valence-electron chi connectivity index (χ1n) is 4.59. The van der Waals surface area contributed by atoms with Crippen LogP contribution in [0, 0.1) is 0 Å². The molecule has 1 amide bonds. The van der Waals surface area contributed by atoms with Crippen LogP contribution < -0.4 is 11.1 Å². The van der Waals surface area contributed by atoms with Crippen LogP contribution in [0.1, 0.15) is 12.6 Å². The highest BCUT2D eigenvalue weighted by molar-refractivity contribution is 7.13. The average Bonchev–Trinajstić information content (AvgIpc) is 2.72. The van der Waals surface area contributed by atoms with Gasteiger partial charge in [-0.2, -0.15) is 0 Å². The monoisotopic (exact) mass is 255 g/mol. The lowest BCUT2D eigenvalue weighted by molar-refractivity contribution is -0.115. The minimum Gasteiger partial charge on any atom is -0.398 e. The molecule has 1 aromatic heterocycles. The minimum atomic E-state index is -0.736. The molecule has 17 heavy (non-hydrogen) atoms. The molecule has 0 saturated heterocycles. The van der Waals surface area contributed by atoms with Crippen molar-refractivity contribution < 1.29 is 14.4 Å². The Morgan fingerprint density at radius 2 is 2.47 bits per heavy atom. The van der Waals surface area contributed by atoms with Crippen LogP contribution in [-0.2, 0) is 14.4 Å². The van der Waals surface area contributed by atoms with Gasteiger partial charge in [0.25, 0.3) is 5.91 Å². The van der Waals surface area contributed by atoms with Crippen LogP contribution in [-0.4, -0.2) is 36.0 Å². The van der Waals surface area contributed by atoms with E-state index in [0.717, 1.165) is 0 Å². The van der Waals surface area contributed by atoms with E-state index in [2.05, 4.69) is 20.3 Å². The fraction of sp³-hybridized carbons (Fsp3) is 0.333. The summed E-state index contributed by atoms with van der Waals surface area (Å²) in [5, 5.41) is 7.81. The molecular weight excluding hydrogens is 244 g/mol. The number of hydrogen-bond acceptors (Lipinski definition) is 7. The Bertz CT molecular complexity index is 443. The molecule has 0 saturated carbocycles. The first-order chi connectivity index (χ1) is 8.08. The number of rotatable bonds is 5. The van der Waals surface area contributed by atoms with Gasteiger partial charge in [-0.3, -0.25) is 9.59 Å². The highest BCUT2D eigenvalue weighted by Crippen LogP contribution is 2.12. The van der Waals surface area contributed by atoms with Crippen LogP contribution in [0.5, 0.6) is 0 Å². The molecule has 0 bridgehead atoms. The second-order valence-electron chi connectivity index (χ2n) is 3.01. The van der Waals surface area contributed by atoms with E-state index in [0.29, 0.717) is 10.8 Å². The van der Waals surface area contributed by atoms with Gasteiger partial charge >= 0.3 is 0 Å². The number of thiazole rings is 1. The van der Waals surface area contributed by atoms with Crippen molar-refractivity contribution in [3.05, 3.63) is 11.1 Å². The lowest BCUT2D eigenvalue weighted by atomic mass is 10.2.